The summed E-state index contributed by atoms with van der Waals surface area (Å²) in [6, 6.07) is 11.6. The van der Waals surface area contributed by atoms with E-state index in [1.165, 1.54) is 12.1 Å². The quantitative estimate of drug-likeness (QED) is 0.915. The highest BCUT2D eigenvalue weighted by molar-refractivity contribution is 6.31. The molecule has 1 N–H and O–H groups in total. The van der Waals surface area contributed by atoms with Gasteiger partial charge in [-0.25, -0.2) is 0 Å². The smallest absolute Gasteiger partial charge is 0.387 e. The van der Waals surface area contributed by atoms with Crippen molar-refractivity contribution in [2.24, 2.45) is 0 Å². The van der Waals surface area contributed by atoms with Crippen LogP contribution < -0.4 is 10.1 Å². The Morgan fingerprint density at radius 1 is 1.23 bits per heavy atom. The molecule has 0 spiro atoms. The maximum absolute atomic E-state index is 12.3. The number of hydrogen-bond donors (Lipinski definition) is 1. The first-order valence-electron chi connectivity index (χ1n) is 6.67. The second-order valence-electron chi connectivity index (χ2n) is 5.00. The van der Waals surface area contributed by atoms with E-state index in [2.05, 4.69) is 10.1 Å². The molecule has 0 saturated heterocycles. The maximum Gasteiger partial charge on any atom is 0.387 e. The van der Waals surface area contributed by atoms with E-state index in [1.807, 2.05) is 0 Å². The van der Waals surface area contributed by atoms with Crippen molar-refractivity contribution < 1.29 is 18.3 Å². The zero-order valence-corrected chi connectivity index (χ0v) is 12.1. The summed E-state index contributed by atoms with van der Waals surface area (Å²) in [5.74, 6) is -0.409. The van der Waals surface area contributed by atoms with Gasteiger partial charge in [0.2, 0.25) is 5.91 Å². The van der Waals surface area contributed by atoms with Crippen LogP contribution in [0.25, 0.3) is 0 Å². The van der Waals surface area contributed by atoms with Gasteiger partial charge in [0.15, 0.2) is 0 Å². The number of benzene rings is 2. The fraction of sp³-hybridized carbons (Fsp3) is 0.188. The summed E-state index contributed by atoms with van der Waals surface area (Å²) in [5.41, 5.74) is 2.30. The SMILES string of the molecule is O=C1Nc2cc(Cl)ccc2[C@H]1Cc1cccc(OC(F)F)c1. The van der Waals surface area contributed by atoms with Crippen LogP contribution in [0.3, 0.4) is 0 Å². The number of anilines is 1. The Kier molecular flexibility index (Phi) is 3.98. The van der Waals surface area contributed by atoms with Crippen molar-refractivity contribution in [2.75, 3.05) is 5.32 Å². The van der Waals surface area contributed by atoms with Crippen molar-refractivity contribution in [3.63, 3.8) is 0 Å². The number of amides is 1. The van der Waals surface area contributed by atoms with E-state index in [4.69, 9.17) is 11.6 Å². The third-order valence-electron chi connectivity index (χ3n) is 3.53. The van der Waals surface area contributed by atoms with E-state index in [0.717, 1.165) is 11.1 Å². The van der Waals surface area contributed by atoms with Gasteiger partial charge in [-0.1, -0.05) is 29.8 Å². The lowest BCUT2D eigenvalue weighted by Gasteiger charge is -2.11. The maximum atomic E-state index is 12.3. The predicted molar refractivity (Wildman–Crippen MR) is 79.6 cm³/mol. The fourth-order valence-corrected chi connectivity index (χ4v) is 2.76. The summed E-state index contributed by atoms with van der Waals surface area (Å²) >= 11 is 5.91. The summed E-state index contributed by atoms with van der Waals surface area (Å²) < 4.78 is 28.9. The zero-order chi connectivity index (χ0) is 15.7. The van der Waals surface area contributed by atoms with Crippen LogP contribution in [0.2, 0.25) is 5.02 Å². The topological polar surface area (TPSA) is 38.3 Å². The Labute approximate surface area is 130 Å². The van der Waals surface area contributed by atoms with Gasteiger partial charge in [0, 0.05) is 10.7 Å². The van der Waals surface area contributed by atoms with Crippen LogP contribution >= 0.6 is 11.6 Å². The Bertz CT molecular complexity index is 721. The van der Waals surface area contributed by atoms with Gasteiger partial charge in [-0.05, 0) is 41.8 Å². The van der Waals surface area contributed by atoms with Crippen LogP contribution in [0.5, 0.6) is 5.75 Å². The van der Waals surface area contributed by atoms with Crippen molar-refractivity contribution in [3.05, 3.63) is 58.6 Å². The van der Waals surface area contributed by atoms with E-state index >= 15 is 0 Å². The molecule has 1 aliphatic heterocycles. The lowest BCUT2D eigenvalue weighted by molar-refractivity contribution is -0.117. The molecule has 1 amide bonds. The second-order valence-corrected chi connectivity index (χ2v) is 5.44. The molecule has 0 aromatic heterocycles. The van der Waals surface area contributed by atoms with Crippen molar-refractivity contribution in [2.45, 2.75) is 19.0 Å². The molecule has 0 saturated carbocycles. The van der Waals surface area contributed by atoms with Gasteiger partial charge in [0.25, 0.3) is 0 Å². The Morgan fingerprint density at radius 3 is 2.82 bits per heavy atom. The predicted octanol–water partition coefficient (Wildman–Crippen LogP) is 4.22. The molecular weight excluding hydrogens is 312 g/mol. The first kappa shape index (κ1) is 14.8. The highest BCUT2D eigenvalue weighted by atomic mass is 35.5. The number of carbonyl (C=O) groups is 1. The van der Waals surface area contributed by atoms with Gasteiger partial charge in [0.1, 0.15) is 5.75 Å². The molecule has 3 nitrogen and oxygen atoms in total. The van der Waals surface area contributed by atoms with Gasteiger partial charge in [-0.3, -0.25) is 4.79 Å². The van der Waals surface area contributed by atoms with E-state index < -0.39 is 6.61 Å². The van der Waals surface area contributed by atoms with Gasteiger partial charge < -0.3 is 10.1 Å². The van der Waals surface area contributed by atoms with E-state index in [9.17, 15) is 13.6 Å². The third kappa shape index (κ3) is 3.04. The Balaban J connectivity index is 1.83. The minimum Gasteiger partial charge on any atom is -0.435 e. The van der Waals surface area contributed by atoms with Crippen LogP contribution in [0.1, 0.15) is 17.0 Å². The monoisotopic (exact) mass is 323 g/mol. The van der Waals surface area contributed by atoms with Crippen LogP contribution in [0.4, 0.5) is 14.5 Å². The van der Waals surface area contributed by atoms with Gasteiger partial charge in [-0.2, -0.15) is 8.78 Å². The van der Waals surface area contributed by atoms with Crippen molar-refractivity contribution in [3.8, 4) is 5.75 Å². The summed E-state index contributed by atoms with van der Waals surface area (Å²) in [6.07, 6.45) is 0.404. The molecule has 0 fully saturated rings. The largest absolute Gasteiger partial charge is 0.435 e. The molecule has 1 aliphatic rings. The number of fused-ring (bicyclic) bond motifs is 1. The van der Waals surface area contributed by atoms with Crippen LogP contribution in [-0.2, 0) is 11.2 Å². The van der Waals surface area contributed by atoms with Gasteiger partial charge >= 0.3 is 6.61 Å². The van der Waals surface area contributed by atoms with Gasteiger partial charge in [-0.15, -0.1) is 0 Å². The molecule has 0 unspecified atom stereocenters. The minimum atomic E-state index is -2.87. The molecule has 2 aromatic rings. The number of hydrogen-bond acceptors (Lipinski definition) is 2. The number of halogens is 3. The van der Waals surface area contributed by atoms with Crippen molar-refractivity contribution in [1.82, 2.24) is 0 Å². The summed E-state index contributed by atoms with van der Waals surface area (Å²) in [5, 5.41) is 3.33. The fourth-order valence-electron chi connectivity index (χ4n) is 2.59. The van der Waals surface area contributed by atoms with E-state index in [0.29, 0.717) is 17.1 Å². The molecule has 0 aliphatic carbocycles. The molecule has 1 atom stereocenters. The Morgan fingerprint density at radius 2 is 2.05 bits per heavy atom. The normalized spacial score (nSPS) is 16.5. The second kappa shape index (κ2) is 5.93. The molecule has 6 heteroatoms. The molecule has 3 rings (SSSR count). The number of ether oxygens (including phenoxy) is 1. The first-order valence-corrected chi connectivity index (χ1v) is 7.05. The molecule has 0 bridgehead atoms. The molecule has 0 radical (unpaired) electrons. The molecular formula is C16H12ClF2NO2. The molecule has 22 heavy (non-hydrogen) atoms. The van der Waals surface area contributed by atoms with Crippen LogP contribution in [0, 0.1) is 0 Å². The number of alkyl halides is 2. The summed E-state index contributed by atoms with van der Waals surface area (Å²) in [6.45, 7) is -2.87. The molecule has 2 aromatic carbocycles. The number of nitrogens with one attached hydrogen (secondary N) is 1. The van der Waals surface area contributed by atoms with Gasteiger partial charge in [0.05, 0.1) is 5.92 Å². The summed E-state index contributed by atoms with van der Waals surface area (Å²) in [4.78, 5) is 12.1. The van der Waals surface area contributed by atoms with Crippen LogP contribution in [-0.4, -0.2) is 12.5 Å². The first-order chi connectivity index (χ1) is 10.5. The minimum absolute atomic E-state index is 0.0854. The highest BCUT2D eigenvalue weighted by Crippen LogP contribution is 2.36. The standard InChI is InChI=1S/C16H12ClF2NO2/c17-10-4-5-12-13(15(21)20-14(12)8-10)7-9-2-1-3-11(6-9)22-16(18)19/h1-6,8,13,16H,7H2,(H,20,21)/t13-/m1/s1. The van der Waals surface area contributed by atoms with Crippen molar-refractivity contribution >= 4 is 23.2 Å². The van der Waals surface area contributed by atoms with Crippen LogP contribution in [0.15, 0.2) is 42.5 Å². The average Bonchev–Trinajstić information content (AvgIpc) is 2.74. The van der Waals surface area contributed by atoms with E-state index in [-0.39, 0.29) is 17.6 Å². The average molecular weight is 324 g/mol. The highest BCUT2D eigenvalue weighted by Gasteiger charge is 2.30. The summed E-state index contributed by atoms with van der Waals surface area (Å²) in [7, 11) is 0. The zero-order valence-electron chi connectivity index (χ0n) is 11.4. The lowest BCUT2D eigenvalue weighted by Crippen LogP contribution is -2.14. The molecule has 114 valence electrons. The number of carbonyl (C=O) groups excluding carboxylic acids is 1. The van der Waals surface area contributed by atoms with E-state index in [1.54, 1.807) is 30.3 Å². The third-order valence-corrected chi connectivity index (χ3v) is 3.76. The Hall–Kier alpha value is -2.14. The van der Waals surface area contributed by atoms with Crippen molar-refractivity contribution in [1.29, 1.82) is 0 Å². The molecule has 1 heterocycles. The number of rotatable bonds is 4. The lowest BCUT2D eigenvalue weighted by atomic mass is 9.93.